The highest BCUT2D eigenvalue weighted by molar-refractivity contribution is 5.73. The highest BCUT2D eigenvalue weighted by Gasteiger charge is 2.24. The predicted molar refractivity (Wildman–Crippen MR) is 97.4 cm³/mol. The topological polar surface area (TPSA) is 50.5 Å². The molecular weight excluding hydrogens is 312 g/mol. The van der Waals surface area contributed by atoms with Gasteiger partial charge in [-0.1, -0.05) is 12.1 Å². The number of aromatic nitrogens is 3. The molecule has 5 nitrogen and oxygen atoms in total. The van der Waals surface area contributed by atoms with Crippen molar-refractivity contribution < 1.29 is 4.79 Å². The van der Waals surface area contributed by atoms with E-state index in [0.29, 0.717) is 5.92 Å². The van der Waals surface area contributed by atoms with Crippen LogP contribution in [0.3, 0.4) is 0 Å². The van der Waals surface area contributed by atoms with Gasteiger partial charge in [0.25, 0.3) is 0 Å². The van der Waals surface area contributed by atoms with Gasteiger partial charge < -0.3 is 4.90 Å². The van der Waals surface area contributed by atoms with E-state index in [2.05, 4.69) is 40.7 Å². The zero-order valence-corrected chi connectivity index (χ0v) is 14.6. The van der Waals surface area contributed by atoms with Gasteiger partial charge in [-0.25, -0.2) is 4.98 Å². The lowest BCUT2D eigenvalue weighted by molar-refractivity contribution is -0.130. The Morgan fingerprint density at radius 2 is 2.12 bits per heavy atom. The van der Waals surface area contributed by atoms with Gasteiger partial charge in [-0.15, -0.1) is 0 Å². The zero-order chi connectivity index (χ0) is 17.4. The van der Waals surface area contributed by atoms with E-state index >= 15 is 0 Å². The minimum absolute atomic E-state index is 0.151. The average Bonchev–Trinajstić information content (AvgIpc) is 3.05. The monoisotopic (exact) mass is 334 g/mol. The van der Waals surface area contributed by atoms with Gasteiger partial charge in [0.2, 0.25) is 5.91 Å². The number of hydrogen-bond donors (Lipinski definition) is 0. The second-order valence-corrected chi connectivity index (χ2v) is 6.83. The molecule has 0 radical (unpaired) electrons. The maximum absolute atomic E-state index is 11.7. The Kier molecular flexibility index (Phi) is 3.99. The van der Waals surface area contributed by atoms with Crippen LogP contribution in [0.25, 0.3) is 17.0 Å². The first-order valence-corrected chi connectivity index (χ1v) is 8.78. The molecule has 1 aliphatic rings. The molecule has 0 saturated carbocycles. The molecule has 0 aliphatic carbocycles. The fourth-order valence-electron chi connectivity index (χ4n) is 3.60. The quantitative estimate of drug-likeness (QED) is 0.721. The van der Waals surface area contributed by atoms with E-state index in [1.165, 1.54) is 5.56 Å². The van der Waals surface area contributed by atoms with Gasteiger partial charge in [-0.3, -0.25) is 14.2 Å². The van der Waals surface area contributed by atoms with Crippen LogP contribution in [0.4, 0.5) is 0 Å². The molecule has 0 spiro atoms. The molecule has 4 rings (SSSR count). The smallest absolute Gasteiger partial charge is 0.219 e. The van der Waals surface area contributed by atoms with Gasteiger partial charge in [0.05, 0.1) is 17.6 Å². The number of piperidine rings is 1. The number of hydrogen-bond acceptors (Lipinski definition) is 3. The van der Waals surface area contributed by atoms with Crippen molar-refractivity contribution in [2.75, 3.05) is 13.1 Å². The minimum atomic E-state index is 0.151. The molecule has 1 atom stereocenters. The lowest BCUT2D eigenvalue weighted by Crippen LogP contribution is -2.37. The summed E-state index contributed by atoms with van der Waals surface area (Å²) in [5.74, 6) is 0.455. The summed E-state index contributed by atoms with van der Waals surface area (Å²) in [7, 11) is 0. The average molecular weight is 334 g/mol. The van der Waals surface area contributed by atoms with Crippen molar-refractivity contribution >= 4 is 11.6 Å². The number of carbonyl (C=O) groups is 1. The van der Waals surface area contributed by atoms with E-state index in [4.69, 9.17) is 4.98 Å². The number of aryl methyl sites for hydroxylation is 1. The number of likely N-dealkylation sites (tertiary alicyclic amines) is 1. The van der Waals surface area contributed by atoms with E-state index in [-0.39, 0.29) is 5.91 Å². The fourth-order valence-corrected chi connectivity index (χ4v) is 3.60. The molecule has 4 heterocycles. The van der Waals surface area contributed by atoms with Gasteiger partial charge in [0.1, 0.15) is 5.65 Å². The minimum Gasteiger partial charge on any atom is -0.342 e. The molecule has 25 heavy (non-hydrogen) atoms. The summed E-state index contributed by atoms with van der Waals surface area (Å²) in [4.78, 5) is 23.0. The Labute approximate surface area is 147 Å². The molecule has 1 amide bonds. The number of pyridine rings is 2. The summed E-state index contributed by atoms with van der Waals surface area (Å²) in [5.41, 5.74) is 5.10. The van der Waals surface area contributed by atoms with Gasteiger partial charge in [-0.2, -0.15) is 0 Å². The van der Waals surface area contributed by atoms with E-state index in [9.17, 15) is 4.79 Å². The molecule has 5 heteroatoms. The van der Waals surface area contributed by atoms with Crippen LogP contribution in [0.1, 0.15) is 36.9 Å². The SMILES string of the molecule is CC(=O)N1CCC[C@@H](c2cccc(-c3cnc4ccc(C)cn34)n2)C1. The van der Waals surface area contributed by atoms with E-state index in [1.54, 1.807) is 6.92 Å². The Balaban J connectivity index is 1.69. The molecule has 0 aromatic carbocycles. The van der Waals surface area contributed by atoms with E-state index < -0.39 is 0 Å². The summed E-state index contributed by atoms with van der Waals surface area (Å²) in [6.45, 7) is 5.34. The summed E-state index contributed by atoms with van der Waals surface area (Å²) < 4.78 is 2.09. The molecule has 1 aliphatic heterocycles. The number of imidazole rings is 1. The van der Waals surface area contributed by atoms with Crippen molar-refractivity contribution in [1.82, 2.24) is 19.3 Å². The van der Waals surface area contributed by atoms with Crippen LogP contribution in [0.5, 0.6) is 0 Å². The number of rotatable bonds is 2. The normalized spacial score (nSPS) is 17.8. The van der Waals surface area contributed by atoms with E-state index in [1.807, 2.05) is 23.2 Å². The summed E-state index contributed by atoms with van der Waals surface area (Å²) >= 11 is 0. The molecule has 0 unspecified atom stereocenters. The lowest BCUT2D eigenvalue weighted by Gasteiger charge is -2.31. The largest absolute Gasteiger partial charge is 0.342 e. The number of carbonyl (C=O) groups excluding carboxylic acids is 1. The first-order valence-electron chi connectivity index (χ1n) is 8.78. The van der Waals surface area contributed by atoms with E-state index in [0.717, 1.165) is 48.7 Å². The van der Waals surface area contributed by atoms with Gasteiger partial charge in [0.15, 0.2) is 0 Å². The van der Waals surface area contributed by atoms with Gasteiger partial charge in [0, 0.05) is 37.8 Å². The molecule has 1 saturated heterocycles. The van der Waals surface area contributed by atoms with Crippen LogP contribution in [-0.2, 0) is 4.79 Å². The van der Waals surface area contributed by atoms with Crippen LogP contribution in [0.15, 0.2) is 42.7 Å². The predicted octanol–water partition coefficient (Wildman–Crippen LogP) is 3.43. The third kappa shape index (κ3) is 3.02. The molecule has 0 N–H and O–H groups in total. The summed E-state index contributed by atoms with van der Waals surface area (Å²) in [6, 6.07) is 10.2. The first-order chi connectivity index (χ1) is 12.1. The number of fused-ring (bicyclic) bond motifs is 1. The molecule has 128 valence electrons. The summed E-state index contributed by atoms with van der Waals surface area (Å²) in [6.07, 6.45) is 6.07. The third-order valence-corrected chi connectivity index (χ3v) is 4.97. The van der Waals surface area contributed by atoms with Crippen molar-refractivity contribution in [3.05, 3.63) is 54.0 Å². The van der Waals surface area contributed by atoms with Crippen LogP contribution in [-0.4, -0.2) is 38.3 Å². The molecule has 0 bridgehead atoms. The van der Waals surface area contributed by atoms with Crippen molar-refractivity contribution in [3.8, 4) is 11.4 Å². The second kappa shape index (κ2) is 6.31. The number of amides is 1. The Morgan fingerprint density at radius 1 is 1.24 bits per heavy atom. The van der Waals surface area contributed by atoms with Crippen LogP contribution in [0.2, 0.25) is 0 Å². The lowest BCUT2D eigenvalue weighted by atomic mass is 9.94. The highest BCUT2D eigenvalue weighted by Crippen LogP contribution is 2.28. The fraction of sp³-hybridized carbons (Fsp3) is 0.350. The Hall–Kier alpha value is -2.69. The molecular formula is C20H22N4O. The molecule has 1 fully saturated rings. The second-order valence-electron chi connectivity index (χ2n) is 6.83. The molecule has 3 aromatic rings. The van der Waals surface area contributed by atoms with Gasteiger partial charge in [-0.05, 0) is 43.5 Å². The van der Waals surface area contributed by atoms with Crippen molar-refractivity contribution in [2.45, 2.75) is 32.6 Å². The van der Waals surface area contributed by atoms with Crippen molar-refractivity contribution in [2.24, 2.45) is 0 Å². The standard InChI is InChI=1S/C20H22N4O/c1-14-8-9-20-21-11-19(24(20)12-14)18-7-3-6-17(22-18)16-5-4-10-23(13-16)15(2)25/h3,6-9,11-12,16H,4-5,10,13H2,1-2H3/t16-/m1/s1. The number of nitrogens with zero attached hydrogens (tertiary/aromatic N) is 4. The summed E-state index contributed by atoms with van der Waals surface area (Å²) in [5, 5.41) is 0. The highest BCUT2D eigenvalue weighted by atomic mass is 16.2. The zero-order valence-electron chi connectivity index (χ0n) is 14.6. The van der Waals surface area contributed by atoms with Crippen LogP contribution in [0, 0.1) is 6.92 Å². The third-order valence-electron chi connectivity index (χ3n) is 4.97. The van der Waals surface area contributed by atoms with Crippen LogP contribution < -0.4 is 0 Å². The van der Waals surface area contributed by atoms with Crippen LogP contribution >= 0.6 is 0 Å². The van der Waals surface area contributed by atoms with Crippen molar-refractivity contribution in [1.29, 1.82) is 0 Å². The molecule has 3 aromatic heterocycles. The van der Waals surface area contributed by atoms with Crippen molar-refractivity contribution in [3.63, 3.8) is 0 Å². The Morgan fingerprint density at radius 3 is 2.96 bits per heavy atom. The first kappa shape index (κ1) is 15.8. The maximum atomic E-state index is 11.7. The Bertz CT molecular complexity index is 930. The van der Waals surface area contributed by atoms with Gasteiger partial charge >= 0.3 is 0 Å². The maximum Gasteiger partial charge on any atom is 0.219 e.